The number of carbonyl (C=O) groups excluding carboxylic acids is 1. The zero-order valence-corrected chi connectivity index (χ0v) is 11.2. The molecule has 0 aromatic heterocycles. The van der Waals surface area contributed by atoms with Crippen LogP contribution in [0.2, 0.25) is 0 Å². The summed E-state index contributed by atoms with van der Waals surface area (Å²) in [5.41, 5.74) is 1.18. The monoisotopic (exact) mass is 262 g/mol. The first-order valence-electron chi connectivity index (χ1n) is 6.59. The van der Waals surface area contributed by atoms with Gasteiger partial charge in [-0.3, -0.25) is 4.79 Å². The molecule has 0 aliphatic heterocycles. The van der Waals surface area contributed by atoms with E-state index in [1.807, 2.05) is 43.3 Å². The third-order valence-corrected chi connectivity index (χ3v) is 3.74. The van der Waals surface area contributed by atoms with E-state index in [2.05, 4.69) is 0 Å². The second-order valence-corrected chi connectivity index (χ2v) is 5.23. The molecule has 102 valence electrons. The number of alkyl halides is 1. The Labute approximate surface area is 113 Å². The molecule has 19 heavy (non-hydrogen) atoms. The minimum Gasteiger partial charge on any atom is -0.460 e. The van der Waals surface area contributed by atoms with Crippen LogP contribution in [0.5, 0.6) is 0 Å². The average Bonchev–Trinajstić information content (AvgIpc) is 2.47. The minimum absolute atomic E-state index is 0.212. The topological polar surface area (TPSA) is 26.3 Å². The number of hydrogen-bond donors (Lipinski definition) is 0. The van der Waals surface area contributed by atoms with E-state index in [1.165, 1.54) is 5.57 Å². The van der Waals surface area contributed by atoms with Crippen molar-refractivity contribution in [3.8, 4) is 0 Å². The Morgan fingerprint density at radius 1 is 1.37 bits per heavy atom. The maximum absolute atomic E-state index is 13.3. The SMILES string of the molecule is CC1=CC[C@@](CF)(C(=O)OCc2ccccc2)CC1. The van der Waals surface area contributed by atoms with Crippen molar-refractivity contribution in [2.75, 3.05) is 6.67 Å². The summed E-state index contributed by atoms with van der Waals surface area (Å²) in [7, 11) is 0. The molecule has 1 aromatic carbocycles. The molecule has 0 fully saturated rings. The molecule has 0 bridgehead atoms. The molecule has 0 saturated carbocycles. The van der Waals surface area contributed by atoms with Crippen molar-refractivity contribution < 1.29 is 13.9 Å². The fraction of sp³-hybridized carbons (Fsp3) is 0.438. The maximum Gasteiger partial charge on any atom is 0.315 e. The maximum atomic E-state index is 13.3. The lowest BCUT2D eigenvalue weighted by molar-refractivity contribution is -0.159. The molecule has 2 rings (SSSR count). The van der Waals surface area contributed by atoms with E-state index in [1.54, 1.807) is 0 Å². The quantitative estimate of drug-likeness (QED) is 0.609. The van der Waals surface area contributed by atoms with Crippen molar-refractivity contribution in [1.29, 1.82) is 0 Å². The predicted octanol–water partition coefficient (Wildman–Crippen LogP) is 3.82. The molecule has 1 aromatic rings. The van der Waals surface area contributed by atoms with Crippen LogP contribution in [0, 0.1) is 5.41 Å². The van der Waals surface area contributed by atoms with E-state index >= 15 is 0 Å². The van der Waals surface area contributed by atoms with Crippen LogP contribution >= 0.6 is 0 Å². The van der Waals surface area contributed by atoms with Gasteiger partial charge in [0.25, 0.3) is 0 Å². The van der Waals surface area contributed by atoms with Crippen molar-refractivity contribution in [2.24, 2.45) is 5.41 Å². The summed E-state index contributed by atoms with van der Waals surface area (Å²) in [6.45, 7) is 1.58. The van der Waals surface area contributed by atoms with E-state index in [9.17, 15) is 9.18 Å². The van der Waals surface area contributed by atoms with Crippen LogP contribution in [0.25, 0.3) is 0 Å². The van der Waals surface area contributed by atoms with Gasteiger partial charge in [0.1, 0.15) is 13.3 Å². The zero-order valence-electron chi connectivity index (χ0n) is 11.2. The fourth-order valence-corrected chi connectivity index (χ4v) is 2.25. The molecule has 2 nitrogen and oxygen atoms in total. The molecule has 1 aliphatic rings. The van der Waals surface area contributed by atoms with Crippen LogP contribution < -0.4 is 0 Å². The van der Waals surface area contributed by atoms with Gasteiger partial charge in [-0.1, -0.05) is 42.0 Å². The molecule has 0 amide bonds. The number of allylic oxidation sites excluding steroid dienone is 2. The Kier molecular flexibility index (Phi) is 4.35. The van der Waals surface area contributed by atoms with Crippen molar-refractivity contribution in [2.45, 2.75) is 32.8 Å². The highest BCUT2D eigenvalue weighted by Gasteiger charge is 2.40. The molecule has 0 saturated heterocycles. The Morgan fingerprint density at radius 3 is 2.68 bits per heavy atom. The van der Waals surface area contributed by atoms with Gasteiger partial charge in [-0.2, -0.15) is 0 Å². The molecule has 3 heteroatoms. The number of benzene rings is 1. The van der Waals surface area contributed by atoms with Crippen molar-refractivity contribution >= 4 is 5.97 Å². The average molecular weight is 262 g/mol. The number of esters is 1. The van der Waals surface area contributed by atoms with Gasteiger partial charge < -0.3 is 4.74 Å². The predicted molar refractivity (Wildman–Crippen MR) is 72.3 cm³/mol. The summed E-state index contributed by atoms with van der Waals surface area (Å²) in [4.78, 5) is 12.1. The Balaban J connectivity index is 1.98. The lowest BCUT2D eigenvalue weighted by Gasteiger charge is -2.31. The van der Waals surface area contributed by atoms with Crippen molar-refractivity contribution in [1.82, 2.24) is 0 Å². The smallest absolute Gasteiger partial charge is 0.315 e. The van der Waals surface area contributed by atoms with E-state index in [0.717, 1.165) is 12.0 Å². The van der Waals surface area contributed by atoms with Gasteiger partial charge in [0.15, 0.2) is 0 Å². The fourth-order valence-electron chi connectivity index (χ4n) is 2.25. The van der Waals surface area contributed by atoms with Gasteiger partial charge in [-0.15, -0.1) is 0 Å². The highest BCUT2D eigenvalue weighted by atomic mass is 19.1. The first-order valence-corrected chi connectivity index (χ1v) is 6.59. The second-order valence-electron chi connectivity index (χ2n) is 5.23. The van der Waals surface area contributed by atoms with Crippen LogP contribution in [0.3, 0.4) is 0 Å². The molecule has 1 aliphatic carbocycles. The number of hydrogen-bond acceptors (Lipinski definition) is 2. The van der Waals surface area contributed by atoms with Crippen LogP contribution in [-0.2, 0) is 16.1 Å². The van der Waals surface area contributed by atoms with E-state index in [4.69, 9.17) is 4.74 Å². The molecule has 0 radical (unpaired) electrons. The largest absolute Gasteiger partial charge is 0.460 e. The summed E-state index contributed by atoms with van der Waals surface area (Å²) in [5, 5.41) is 0. The Hall–Kier alpha value is -1.64. The van der Waals surface area contributed by atoms with Crippen LogP contribution in [0.1, 0.15) is 31.7 Å². The number of rotatable bonds is 4. The Morgan fingerprint density at radius 2 is 2.11 bits per heavy atom. The first-order chi connectivity index (χ1) is 9.16. The Bertz CT molecular complexity index is 467. The van der Waals surface area contributed by atoms with Gasteiger partial charge in [0.05, 0.1) is 5.41 Å². The molecule has 1 atom stereocenters. The number of halogens is 1. The van der Waals surface area contributed by atoms with Crippen LogP contribution in [-0.4, -0.2) is 12.6 Å². The number of ether oxygens (including phenoxy) is 1. The molecular formula is C16H19FO2. The van der Waals surface area contributed by atoms with Gasteiger partial charge in [0, 0.05) is 0 Å². The highest BCUT2D eigenvalue weighted by molar-refractivity contribution is 5.77. The summed E-state index contributed by atoms with van der Waals surface area (Å²) < 4.78 is 18.6. The van der Waals surface area contributed by atoms with E-state index < -0.39 is 18.1 Å². The summed E-state index contributed by atoms with van der Waals surface area (Å²) in [6.07, 6.45) is 3.71. The summed E-state index contributed by atoms with van der Waals surface area (Å²) >= 11 is 0. The third kappa shape index (κ3) is 3.22. The molecular weight excluding hydrogens is 243 g/mol. The summed E-state index contributed by atoms with van der Waals surface area (Å²) in [5.74, 6) is -0.414. The third-order valence-electron chi connectivity index (χ3n) is 3.74. The van der Waals surface area contributed by atoms with Gasteiger partial charge >= 0.3 is 5.97 Å². The lowest BCUT2D eigenvalue weighted by Crippen LogP contribution is -2.36. The van der Waals surface area contributed by atoms with Gasteiger partial charge in [-0.25, -0.2) is 4.39 Å². The second kappa shape index (κ2) is 6.00. The normalized spacial score (nSPS) is 22.7. The van der Waals surface area contributed by atoms with Gasteiger partial charge in [-0.05, 0) is 31.7 Å². The van der Waals surface area contributed by atoms with Crippen molar-refractivity contribution in [3.63, 3.8) is 0 Å². The highest BCUT2D eigenvalue weighted by Crippen LogP contribution is 2.37. The van der Waals surface area contributed by atoms with Gasteiger partial charge in [0.2, 0.25) is 0 Å². The molecule has 0 N–H and O–H groups in total. The minimum atomic E-state index is -0.964. The lowest BCUT2D eigenvalue weighted by atomic mass is 9.76. The zero-order chi connectivity index (χ0) is 13.7. The molecule has 0 heterocycles. The van der Waals surface area contributed by atoms with Crippen LogP contribution in [0.15, 0.2) is 42.0 Å². The van der Waals surface area contributed by atoms with E-state index in [0.29, 0.717) is 12.8 Å². The summed E-state index contributed by atoms with van der Waals surface area (Å²) in [6, 6.07) is 9.46. The van der Waals surface area contributed by atoms with Crippen LogP contribution in [0.4, 0.5) is 4.39 Å². The number of carbonyl (C=O) groups is 1. The van der Waals surface area contributed by atoms with E-state index in [-0.39, 0.29) is 6.61 Å². The molecule has 0 spiro atoms. The first kappa shape index (κ1) is 13.8. The van der Waals surface area contributed by atoms with Crippen molar-refractivity contribution in [3.05, 3.63) is 47.5 Å². The standard InChI is InChI=1S/C16H19FO2/c1-13-7-9-16(12-17,10-8-13)15(18)19-11-14-5-3-2-4-6-14/h2-7H,8-12H2,1H3/t16-/m1/s1. The molecule has 0 unspecified atom stereocenters.